The third-order valence-electron chi connectivity index (χ3n) is 4.03. The van der Waals surface area contributed by atoms with Crippen LogP contribution < -0.4 is 10.0 Å². The molecule has 1 fully saturated rings. The lowest BCUT2D eigenvalue weighted by molar-refractivity contribution is 0.102. The molecule has 138 valence electrons. The van der Waals surface area contributed by atoms with Crippen LogP contribution in [0.25, 0.3) is 0 Å². The smallest absolute Gasteiger partial charge is 0.255 e. The van der Waals surface area contributed by atoms with Crippen molar-refractivity contribution in [3.8, 4) is 0 Å². The average Bonchev–Trinajstić information content (AvgIpc) is 3.14. The van der Waals surface area contributed by atoms with Gasteiger partial charge in [0.2, 0.25) is 10.0 Å². The van der Waals surface area contributed by atoms with E-state index in [0.29, 0.717) is 22.9 Å². The fraction of sp³-hybridized carbons (Fsp3) is 0.278. The van der Waals surface area contributed by atoms with Crippen molar-refractivity contribution in [2.75, 3.05) is 18.5 Å². The molecule has 8 heteroatoms. The summed E-state index contributed by atoms with van der Waals surface area (Å²) >= 11 is 5.89. The molecule has 2 N–H and O–H groups in total. The van der Waals surface area contributed by atoms with E-state index in [1.807, 2.05) is 0 Å². The molecule has 0 saturated carbocycles. The summed E-state index contributed by atoms with van der Waals surface area (Å²) in [5, 5.41) is 3.23. The predicted molar refractivity (Wildman–Crippen MR) is 100 cm³/mol. The maximum Gasteiger partial charge on any atom is 0.255 e. The zero-order valence-electron chi connectivity index (χ0n) is 13.9. The van der Waals surface area contributed by atoms with Gasteiger partial charge in [-0.3, -0.25) is 4.79 Å². The molecule has 1 saturated heterocycles. The van der Waals surface area contributed by atoms with Crippen LogP contribution in [0.5, 0.6) is 0 Å². The summed E-state index contributed by atoms with van der Waals surface area (Å²) in [6, 6.07) is 12.6. The molecule has 1 aliphatic rings. The van der Waals surface area contributed by atoms with Crippen LogP contribution in [0.15, 0.2) is 53.4 Å². The van der Waals surface area contributed by atoms with E-state index in [4.69, 9.17) is 16.3 Å². The number of hydrogen-bond donors (Lipinski definition) is 2. The first-order valence-electron chi connectivity index (χ1n) is 8.22. The van der Waals surface area contributed by atoms with Gasteiger partial charge in [0.1, 0.15) is 0 Å². The highest BCUT2D eigenvalue weighted by molar-refractivity contribution is 7.89. The van der Waals surface area contributed by atoms with Crippen molar-refractivity contribution in [1.29, 1.82) is 0 Å². The number of carbonyl (C=O) groups excluding carboxylic acids is 1. The fourth-order valence-electron chi connectivity index (χ4n) is 2.65. The van der Waals surface area contributed by atoms with Gasteiger partial charge in [-0.2, -0.15) is 0 Å². The first kappa shape index (κ1) is 18.8. The van der Waals surface area contributed by atoms with Gasteiger partial charge >= 0.3 is 0 Å². The highest BCUT2D eigenvalue weighted by Gasteiger charge is 2.20. The maximum atomic E-state index is 12.3. The molecule has 0 bridgehead atoms. The van der Waals surface area contributed by atoms with Crippen molar-refractivity contribution >= 4 is 33.2 Å². The number of ether oxygens (including phenoxy) is 1. The molecule has 1 amide bonds. The Morgan fingerprint density at radius 3 is 2.62 bits per heavy atom. The lowest BCUT2D eigenvalue weighted by atomic mass is 10.2. The molecule has 1 heterocycles. The van der Waals surface area contributed by atoms with Gasteiger partial charge in [0.15, 0.2) is 0 Å². The van der Waals surface area contributed by atoms with Gasteiger partial charge in [-0.15, -0.1) is 0 Å². The third kappa shape index (κ3) is 4.82. The van der Waals surface area contributed by atoms with E-state index in [9.17, 15) is 13.2 Å². The average molecular weight is 395 g/mol. The SMILES string of the molecule is O=C(Nc1cccc(Cl)c1)c1ccc(S(=O)(=O)NC[C@@H]2CCCO2)cc1. The number of benzene rings is 2. The zero-order chi connectivity index (χ0) is 18.6. The minimum absolute atomic E-state index is 0.0764. The van der Waals surface area contributed by atoms with Crippen LogP contribution in [0.1, 0.15) is 23.2 Å². The number of hydrogen-bond acceptors (Lipinski definition) is 4. The monoisotopic (exact) mass is 394 g/mol. The summed E-state index contributed by atoms with van der Waals surface area (Å²) < 4.78 is 32.6. The van der Waals surface area contributed by atoms with Crippen molar-refractivity contribution in [3.05, 3.63) is 59.1 Å². The molecule has 0 radical (unpaired) electrons. The molecule has 2 aromatic rings. The van der Waals surface area contributed by atoms with Gasteiger partial charge in [-0.1, -0.05) is 17.7 Å². The molecule has 0 spiro atoms. The van der Waals surface area contributed by atoms with Gasteiger partial charge in [0.05, 0.1) is 11.0 Å². The molecule has 1 aliphatic heterocycles. The number of nitrogens with one attached hydrogen (secondary N) is 2. The second-order valence-corrected chi connectivity index (χ2v) is 8.18. The molecule has 1 atom stereocenters. The second kappa shape index (κ2) is 8.18. The van der Waals surface area contributed by atoms with Crippen LogP contribution in [0, 0.1) is 0 Å². The Labute approximate surface area is 157 Å². The zero-order valence-corrected chi connectivity index (χ0v) is 15.5. The summed E-state index contributed by atoms with van der Waals surface area (Å²) in [4.78, 5) is 12.4. The van der Waals surface area contributed by atoms with Gasteiger partial charge < -0.3 is 10.1 Å². The van der Waals surface area contributed by atoms with E-state index in [0.717, 1.165) is 12.8 Å². The number of rotatable bonds is 6. The van der Waals surface area contributed by atoms with E-state index in [1.165, 1.54) is 24.3 Å². The molecule has 0 aliphatic carbocycles. The van der Waals surface area contributed by atoms with Crippen LogP contribution >= 0.6 is 11.6 Å². The molecule has 3 rings (SSSR count). The van der Waals surface area contributed by atoms with Crippen LogP contribution in [-0.4, -0.2) is 33.6 Å². The van der Waals surface area contributed by atoms with E-state index >= 15 is 0 Å². The minimum Gasteiger partial charge on any atom is -0.377 e. The summed E-state index contributed by atoms with van der Waals surface area (Å²) in [5.41, 5.74) is 0.917. The van der Waals surface area contributed by atoms with Crippen molar-refractivity contribution < 1.29 is 17.9 Å². The molecule has 0 aromatic heterocycles. The molecule has 0 unspecified atom stereocenters. The van der Waals surface area contributed by atoms with Gasteiger partial charge in [0.25, 0.3) is 5.91 Å². The molecular weight excluding hydrogens is 376 g/mol. The Balaban J connectivity index is 1.64. The Morgan fingerprint density at radius 1 is 1.19 bits per heavy atom. The van der Waals surface area contributed by atoms with Gasteiger partial charge in [-0.25, -0.2) is 13.1 Å². The van der Waals surface area contributed by atoms with Crippen molar-refractivity contribution in [1.82, 2.24) is 4.72 Å². The maximum absolute atomic E-state index is 12.3. The number of carbonyl (C=O) groups is 1. The van der Waals surface area contributed by atoms with Crippen molar-refractivity contribution in [3.63, 3.8) is 0 Å². The number of sulfonamides is 1. The first-order valence-corrected chi connectivity index (χ1v) is 10.1. The summed E-state index contributed by atoms with van der Waals surface area (Å²) in [6.07, 6.45) is 1.72. The number of halogens is 1. The van der Waals surface area contributed by atoms with Crippen LogP contribution in [0.3, 0.4) is 0 Å². The fourth-order valence-corrected chi connectivity index (χ4v) is 3.90. The number of anilines is 1. The standard InChI is InChI=1S/C18H19ClN2O4S/c19-14-3-1-4-15(11-14)21-18(22)13-6-8-17(9-7-13)26(23,24)20-12-16-5-2-10-25-16/h1,3-4,6-9,11,16,20H,2,5,10,12H2,(H,21,22)/t16-/m0/s1. The Bertz CT molecular complexity index is 878. The summed E-state index contributed by atoms with van der Waals surface area (Å²) in [6.45, 7) is 0.919. The van der Waals surface area contributed by atoms with E-state index in [2.05, 4.69) is 10.0 Å². The Hall–Kier alpha value is -1.93. The van der Waals surface area contributed by atoms with Crippen LogP contribution in [0.2, 0.25) is 5.02 Å². The second-order valence-electron chi connectivity index (χ2n) is 5.98. The predicted octanol–water partition coefficient (Wildman–Crippen LogP) is 3.05. The van der Waals surface area contributed by atoms with Gasteiger partial charge in [-0.05, 0) is 55.3 Å². The molecule has 6 nitrogen and oxygen atoms in total. The first-order chi connectivity index (χ1) is 12.4. The van der Waals surface area contributed by atoms with Crippen LogP contribution in [-0.2, 0) is 14.8 Å². The summed E-state index contributed by atoms with van der Waals surface area (Å²) in [7, 11) is -3.63. The lowest BCUT2D eigenvalue weighted by Gasteiger charge is -2.12. The summed E-state index contributed by atoms with van der Waals surface area (Å²) in [5.74, 6) is -0.344. The van der Waals surface area contributed by atoms with Crippen LogP contribution in [0.4, 0.5) is 5.69 Å². The molecular formula is C18H19ClN2O4S. The van der Waals surface area contributed by atoms with E-state index in [-0.39, 0.29) is 23.5 Å². The largest absolute Gasteiger partial charge is 0.377 e. The van der Waals surface area contributed by atoms with E-state index < -0.39 is 10.0 Å². The quantitative estimate of drug-likeness (QED) is 0.788. The number of amides is 1. The molecule has 2 aromatic carbocycles. The normalized spacial score (nSPS) is 17.2. The third-order valence-corrected chi connectivity index (χ3v) is 5.71. The highest BCUT2D eigenvalue weighted by Crippen LogP contribution is 2.17. The molecule has 26 heavy (non-hydrogen) atoms. The Morgan fingerprint density at radius 2 is 1.96 bits per heavy atom. The van der Waals surface area contributed by atoms with Gasteiger partial charge in [0, 0.05) is 29.4 Å². The lowest BCUT2D eigenvalue weighted by Crippen LogP contribution is -2.31. The van der Waals surface area contributed by atoms with E-state index in [1.54, 1.807) is 24.3 Å². The Kier molecular flexibility index (Phi) is 5.93. The minimum atomic E-state index is -3.63. The van der Waals surface area contributed by atoms with Crippen molar-refractivity contribution in [2.45, 2.75) is 23.8 Å². The topological polar surface area (TPSA) is 84.5 Å². The van der Waals surface area contributed by atoms with Crippen molar-refractivity contribution in [2.24, 2.45) is 0 Å². The highest BCUT2D eigenvalue weighted by atomic mass is 35.5.